The van der Waals surface area contributed by atoms with Crippen LogP contribution in [0.1, 0.15) is 47.3 Å². The fourth-order valence-electron chi connectivity index (χ4n) is 5.48. The molecule has 0 aliphatic carbocycles. The predicted octanol–water partition coefficient (Wildman–Crippen LogP) is 4.03. The molecule has 1 fully saturated rings. The quantitative estimate of drug-likeness (QED) is 0.296. The molecule has 6 rings (SSSR count). The second-order valence-corrected chi connectivity index (χ2v) is 10.5. The highest BCUT2D eigenvalue weighted by Crippen LogP contribution is 2.37. The molecule has 2 N–H and O–H groups in total. The maximum Gasteiger partial charge on any atom is 0.255 e. The van der Waals surface area contributed by atoms with E-state index in [-0.39, 0.29) is 23.9 Å². The van der Waals surface area contributed by atoms with Crippen molar-refractivity contribution in [3.8, 4) is 5.75 Å². The van der Waals surface area contributed by atoms with Gasteiger partial charge < -0.3 is 15.3 Å². The number of aromatic hydroxyl groups is 1. The van der Waals surface area contributed by atoms with Crippen LogP contribution in [0, 0.1) is 11.6 Å². The first-order valence-corrected chi connectivity index (χ1v) is 13.3. The molecule has 5 aromatic rings. The normalized spacial score (nSPS) is 16.7. The van der Waals surface area contributed by atoms with Crippen LogP contribution < -0.4 is 10.2 Å². The average Bonchev–Trinajstić information content (AvgIpc) is 3.75. The van der Waals surface area contributed by atoms with E-state index in [0.717, 1.165) is 24.1 Å². The third-order valence-electron chi connectivity index (χ3n) is 7.61. The van der Waals surface area contributed by atoms with E-state index in [0.29, 0.717) is 36.4 Å². The largest absolute Gasteiger partial charge is 0.507 e. The zero-order valence-electron chi connectivity index (χ0n) is 22.3. The number of phenolic OH excluding ortho intramolecular Hbond substituents is 1. The average molecular weight is 559 g/mol. The Bertz CT molecular complexity index is 1710. The molecule has 4 heterocycles. The van der Waals surface area contributed by atoms with Crippen LogP contribution in [0.2, 0.25) is 0 Å². The molecule has 0 bridgehead atoms. The highest BCUT2D eigenvalue weighted by molar-refractivity contribution is 5.96. The maximum atomic E-state index is 14.7. The number of carbonyl (C=O) groups excluding carboxylic acids is 1. The number of halogens is 2. The lowest BCUT2D eigenvalue weighted by atomic mass is 9.94. The van der Waals surface area contributed by atoms with Crippen molar-refractivity contribution in [3.05, 3.63) is 102 Å². The van der Waals surface area contributed by atoms with Gasteiger partial charge in [0, 0.05) is 36.8 Å². The van der Waals surface area contributed by atoms with Crippen LogP contribution in [0.3, 0.4) is 0 Å². The summed E-state index contributed by atoms with van der Waals surface area (Å²) in [6.07, 6.45) is 8.42. The Morgan fingerprint density at radius 1 is 1.17 bits per heavy atom. The summed E-state index contributed by atoms with van der Waals surface area (Å²) in [5, 5.41) is 21.8. The molecule has 10 nitrogen and oxygen atoms in total. The second kappa shape index (κ2) is 10.6. The Labute approximate surface area is 234 Å². The monoisotopic (exact) mass is 558 g/mol. The summed E-state index contributed by atoms with van der Waals surface area (Å²) in [5.41, 5.74) is 1.13. The summed E-state index contributed by atoms with van der Waals surface area (Å²) < 4.78 is 32.0. The lowest BCUT2D eigenvalue weighted by molar-refractivity contribution is 0.0929. The van der Waals surface area contributed by atoms with Crippen LogP contribution in [0.5, 0.6) is 5.75 Å². The van der Waals surface area contributed by atoms with Crippen LogP contribution in [0.15, 0.2) is 73.6 Å². The number of rotatable bonds is 8. The maximum absolute atomic E-state index is 14.7. The summed E-state index contributed by atoms with van der Waals surface area (Å²) in [4.78, 5) is 23.9. The highest BCUT2D eigenvalue weighted by atomic mass is 19.1. The van der Waals surface area contributed by atoms with Crippen LogP contribution in [0.4, 0.5) is 14.6 Å². The van der Waals surface area contributed by atoms with Crippen LogP contribution >= 0.6 is 0 Å². The number of nitrogens with one attached hydrogen (secondary N) is 1. The first-order chi connectivity index (χ1) is 19.8. The van der Waals surface area contributed by atoms with Crippen molar-refractivity contribution in [1.82, 2.24) is 34.7 Å². The van der Waals surface area contributed by atoms with Crippen molar-refractivity contribution in [2.24, 2.45) is 0 Å². The molecule has 41 heavy (non-hydrogen) atoms. The molecule has 12 heteroatoms. The number of carbonyl (C=O) groups is 1. The summed E-state index contributed by atoms with van der Waals surface area (Å²) in [7, 11) is 0. The Kier molecular flexibility index (Phi) is 6.82. The van der Waals surface area contributed by atoms with Gasteiger partial charge in [0.1, 0.15) is 35.9 Å². The SMILES string of the molecule is CC(CNC(=O)c1ccccc1O)(Cc1cnn2ccc(N3CCCC3c3cc(F)ccc3F)nc12)n1cncn1. The van der Waals surface area contributed by atoms with Crippen molar-refractivity contribution in [3.63, 3.8) is 0 Å². The molecular weight excluding hydrogens is 530 g/mol. The number of aromatic nitrogens is 6. The van der Waals surface area contributed by atoms with Gasteiger partial charge in [-0.05, 0) is 56.2 Å². The lowest BCUT2D eigenvalue weighted by Gasteiger charge is -2.30. The molecule has 2 atom stereocenters. The first kappa shape index (κ1) is 26.4. The highest BCUT2D eigenvalue weighted by Gasteiger charge is 2.32. The zero-order valence-corrected chi connectivity index (χ0v) is 22.3. The molecule has 1 saturated heterocycles. The van der Waals surface area contributed by atoms with E-state index in [2.05, 4.69) is 20.5 Å². The van der Waals surface area contributed by atoms with Gasteiger partial charge in [0.25, 0.3) is 5.91 Å². The van der Waals surface area contributed by atoms with Crippen molar-refractivity contribution < 1.29 is 18.7 Å². The minimum absolute atomic E-state index is 0.106. The van der Waals surface area contributed by atoms with Crippen molar-refractivity contribution in [2.75, 3.05) is 18.0 Å². The van der Waals surface area contributed by atoms with E-state index in [9.17, 15) is 18.7 Å². The molecule has 0 saturated carbocycles. The number of benzene rings is 2. The number of hydrogen-bond acceptors (Lipinski definition) is 7. The van der Waals surface area contributed by atoms with Crippen molar-refractivity contribution in [1.29, 1.82) is 0 Å². The minimum atomic E-state index is -0.765. The van der Waals surface area contributed by atoms with Crippen LogP contribution in [-0.2, 0) is 12.0 Å². The molecule has 0 radical (unpaired) electrons. The number of nitrogens with zero attached hydrogens (tertiary/aromatic N) is 7. The van der Waals surface area contributed by atoms with Gasteiger partial charge in [0.15, 0.2) is 5.65 Å². The molecule has 1 amide bonds. The zero-order chi connectivity index (χ0) is 28.6. The predicted molar refractivity (Wildman–Crippen MR) is 146 cm³/mol. The van der Waals surface area contributed by atoms with Crippen molar-refractivity contribution in [2.45, 2.75) is 37.8 Å². The van der Waals surface area contributed by atoms with Gasteiger partial charge in [-0.1, -0.05) is 12.1 Å². The molecular formula is C29H28F2N8O2. The summed E-state index contributed by atoms with van der Waals surface area (Å²) in [6.45, 7) is 2.76. The number of para-hydroxylation sites is 1. The van der Waals surface area contributed by atoms with Crippen LogP contribution in [0.25, 0.3) is 5.65 Å². The summed E-state index contributed by atoms with van der Waals surface area (Å²) in [6, 6.07) is 11.4. The van der Waals surface area contributed by atoms with E-state index < -0.39 is 23.1 Å². The Morgan fingerprint density at radius 3 is 2.83 bits per heavy atom. The fraction of sp³-hybridized carbons (Fsp3) is 0.276. The van der Waals surface area contributed by atoms with Gasteiger partial charge in [-0.2, -0.15) is 10.2 Å². The molecule has 2 aromatic carbocycles. The van der Waals surface area contributed by atoms with Gasteiger partial charge in [0.2, 0.25) is 0 Å². The van der Waals surface area contributed by atoms with E-state index in [1.165, 1.54) is 18.5 Å². The Morgan fingerprint density at radius 2 is 2.02 bits per heavy atom. The second-order valence-electron chi connectivity index (χ2n) is 10.5. The molecule has 210 valence electrons. The van der Waals surface area contributed by atoms with Gasteiger partial charge in [0.05, 0.1) is 23.3 Å². The van der Waals surface area contributed by atoms with Gasteiger partial charge in [-0.3, -0.25) is 4.79 Å². The van der Waals surface area contributed by atoms with Gasteiger partial charge >= 0.3 is 0 Å². The number of amides is 1. The summed E-state index contributed by atoms with van der Waals surface area (Å²) >= 11 is 0. The molecule has 3 aromatic heterocycles. The van der Waals surface area contributed by atoms with E-state index in [4.69, 9.17) is 4.98 Å². The molecule has 1 aliphatic rings. The minimum Gasteiger partial charge on any atom is -0.507 e. The van der Waals surface area contributed by atoms with E-state index in [1.54, 1.807) is 46.1 Å². The standard InChI is InChI=1S/C29H28F2N8O2/c1-29(39-18-32-17-35-39,16-33-28(41)21-5-2-3-7-25(21)40)14-19-15-34-38-12-10-26(36-27(19)38)37-11-4-6-24(37)22-13-20(30)8-9-23(22)31/h2-3,5,7-10,12-13,15,17-18,24,40H,4,6,11,14,16H2,1H3,(H,33,41). The third-order valence-corrected chi connectivity index (χ3v) is 7.61. The lowest BCUT2D eigenvalue weighted by Crippen LogP contribution is -2.45. The Balaban J connectivity index is 1.30. The van der Waals surface area contributed by atoms with Crippen molar-refractivity contribution >= 4 is 17.4 Å². The fourth-order valence-corrected chi connectivity index (χ4v) is 5.48. The molecule has 0 spiro atoms. The number of hydrogen-bond donors (Lipinski definition) is 2. The smallest absolute Gasteiger partial charge is 0.255 e. The number of fused-ring (bicyclic) bond motifs is 1. The topological polar surface area (TPSA) is 113 Å². The molecule has 2 unspecified atom stereocenters. The Hall–Kier alpha value is -4.87. The number of anilines is 1. The molecule has 1 aliphatic heterocycles. The summed E-state index contributed by atoms with van der Waals surface area (Å²) in [5.74, 6) is -0.800. The van der Waals surface area contributed by atoms with E-state index >= 15 is 0 Å². The number of phenols is 1. The third kappa shape index (κ3) is 5.08. The van der Waals surface area contributed by atoms with Crippen LogP contribution in [-0.4, -0.2) is 53.5 Å². The van der Waals surface area contributed by atoms with Gasteiger partial charge in [-0.15, -0.1) is 0 Å². The van der Waals surface area contributed by atoms with Gasteiger partial charge in [-0.25, -0.2) is 27.9 Å². The van der Waals surface area contributed by atoms with E-state index in [1.807, 2.05) is 17.9 Å². The first-order valence-electron chi connectivity index (χ1n) is 13.3.